The van der Waals surface area contributed by atoms with Crippen LogP contribution >= 0.6 is 23.2 Å². The molecule has 0 fully saturated rings. The molecule has 0 aliphatic heterocycles. The zero-order valence-electron chi connectivity index (χ0n) is 17.5. The number of non-ortho nitro benzene ring substituents is 1. The van der Waals surface area contributed by atoms with Crippen molar-refractivity contribution in [1.82, 2.24) is 5.43 Å². The highest BCUT2D eigenvalue weighted by Crippen LogP contribution is 2.29. The van der Waals surface area contributed by atoms with Crippen LogP contribution in [0.5, 0.6) is 11.5 Å². The summed E-state index contributed by atoms with van der Waals surface area (Å²) in [5.41, 5.74) is 4.22. The highest BCUT2D eigenvalue weighted by molar-refractivity contribution is 6.42. The molecule has 1 amide bonds. The van der Waals surface area contributed by atoms with Gasteiger partial charge in [0.15, 0.2) is 11.5 Å². The topological polar surface area (TPSA) is 103 Å². The van der Waals surface area contributed by atoms with E-state index in [-0.39, 0.29) is 17.3 Å². The maximum absolute atomic E-state index is 12.2. The Kier molecular flexibility index (Phi) is 8.23. The fourth-order valence-electron chi connectivity index (χ4n) is 2.73. The number of ether oxygens (including phenoxy) is 2. The predicted molar refractivity (Wildman–Crippen MR) is 127 cm³/mol. The van der Waals surface area contributed by atoms with E-state index in [0.717, 1.165) is 5.56 Å². The first kappa shape index (κ1) is 24.0. The van der Waals surface area contributed by atoms with Crippen molar-refractivity contribution in [3.8, 4) is 11.5 Å². The van der Waals surface area contributed by atoms with Gasteiger partial charge >= 0.3 is 0 Å². The lowest BCUT2D eigenvalue weighted by atomic mass is 10.2. The molecule has 0 aliphatic rings. The second-order valence-corrected chi connectivity index (χ2v) is 7.49. The number of carbonyl (C=O) groups is 1. The Balaban J connectivity index is 1.65. The molecule has 170 valence electrons. The highest BCUT2D eigenvalue weighted by Gasteiger charge is 2.09. The van der Waals surface area contributed by atoms with E-state index in [2.05, 4.69) is 10.5 Å². The molecule has 33 heavy (non-hydrogen) atoms. The van der Waals surface area contributed by atoms with Crippen LogP contribution in [0.3, 0.4) is 0 Å². The second-order valence-electron chi connectivity index (χ2n) is 6.68. The van der Waals surface area contributed by atoms with E-state index >= 15 is 0 Å². The van der Waals surface area contributed by atoms with Gasteiger partial charge in [0.05, 0.1) is 27.8 Å². The Hall–Kier alpha value is -3.62. The molecule has 0 saturated heterocycles. The Morgan fingerprint density at radius 2 is 1.79 bits per heavy atom. The third-order valence-corrected chi connectivity index (χ3v) is 5.11. The van der Waals surface area contributed by atoms with Crippen LogP contribution in [0, 0.1) is 10.1 Å². The lowest BCUT2D eigenvalue weighted by Crippen LogP contribution is -2.17. The molecule has 0 radical (unpaired) electrons. The zero-order valence-corrected chi connectivity index (χ0v) is 19.0. The normalized spacial score (nSPS) is 10.8. The molecule has 0 saturated carbocycles. The number of hydrogen-bond donors (Lipinski definition) is 1. The molecule has 0 unspecified atom stereocenters. The van der Waals surface area contributed by atoms with Gasteiger partial charge in [-0.05, 0) is 66.6 Å². The molecule has 0 atom stereocenters. The minimum atomic E-state index is -0.453. The molecule has 0 spiro atoms. The lowest BCUT2D eigenvalue weighted by molar-refractivity contribution is -0.384. The largest absolute Gasteiger partial charge is 0.490 e. The van der Waals surface area contributed by atoms with E-state index in [9.17, 15) is 14.9 Å². The van der Waals surface area contributed by atoms with Crippen LogP contribution in [0.15, 0.2) is 65.8 Å². The molecule has 0 heterocycles. The van der Waals surface area contributed by atoms with Crippen molar-refractivity contribution >= 4 is 41.0 Å². The maximum atomic E-state index is 12.2. The van der Waals surface area contributed by atoms with Gasteiger partial charge in [-0.15, -0.1) is 0 Å². The Bertz CT molecular complexity index is 1180. The summed E-state index contributed by atoms with van der Waals surface area (Å²) >= 11 is 11.8. The Morgan fingerprint density at radius 1 is 1.03 bits per heavy atom. The highest BCUT2D eigenvalue weighted by atomic mass is 35.5. The van der Waals surface area contributed by atoms with Gasteiger partial charge in [0.2, 0.25) is 0 Å². The van der Waals surface area contributed by atoms with Crippen molar-refractivity contribution in [1.29, 1.82) is 0 Å². The van der Waals surface area contributed by atoms with E-state index in [1.807, 2.05) is 6.92 Å². The number of nitro benzene ring substituents is 1. The van der Waals surface area contributed by atoms with Crippen molar-refractivity contribution in [3.63, 3.8) is 0 Å². The summed E-state index contributed by atoms with van der Waals surface area (Å²) in [7, 11) is 0. The van der Waals surface area contributed by atoms with E-state index < -0.39 is 10.8 Å². The van der Waals surface area contributed by atoms with E-state index in [1.165, 1.54) is 30.5 Å². The van der Waals surface area contributed by atoms with Gasteiger partial charge in [-0.25, -0.2) is 5.43 Å². The molecule has 0 aromatic heterocycles. The number of nitrogens with one attached hydrogen (secondary N) is 1. The standard InChI is InChI=1S/C23H19Cl2N3O5/c1-2-32-22-11-16(13-26-27-23(29)17-6-9-19(24)20(25)12-17)5-10-21(22)33-14-15-3-7-18(8-4-15)28(30)31/h3-13H,2,14H2,1H3,(H,27,29). The molecule has 3 aromatic rings. The monoisotopic (exact) mass is 487 g/mol. The van der Waals surface area contributed by atoms with Crippen LogP contribution < -0.4 is 14.9 Å². The number of hydrogen-bond acceptors (Lipinski definition) is 6. The first-order valence-corrected chi connectivity index (χ1v) is 10.5. The van der Waals surface area contributed by atoms with Gasteiger partial charge in [0.1, 0.15) is 6.61 Å². The Morgan fingerprint density at radius 3 is 2.45 bits per heavy atom. The molecule has 1 N–H and O–H groups in total. The number of benzene rings is 3. The van der Waals surface area contributed by atoms with Gasteiger partial charge in [-0.3, -0.25) is 14.9 Å². The van der Waals surface area contributed by atoms with Gasteiger partial charge < -0.3 is 9.47 Å². The molecular weight excluding hydrogens is 469 g/mol. The summed E-state index contributed by atoms with van der Waals surface area (Å²) < 4.78 is 11.5. The number of hydrazone groups is 1. The van der Waals surface area contributed by atoms with Crippen molar-refractivity contribution in [2.45, 2.75) is 13.5 Å². The minimum Gasteiger partial charge on any atom is -0.490 e. The van der Waals surface area contributed by atoms with Crippen molar-refractivity contribution in [2.24, 2.45) is 5.10 Å². The smallest absolute Gasteiger partial charge is 0.271 e. The summed E-state index contributed by atoms with van der Waals surface area (Å²) in [5, 5.41) is 15.4. The van der Waals surface area contributed by atoms with Crippen LogP contribution in [0.25, 0.3) is 0 Å². The first-order valence-electron chi connectivity index (χ1n) is 9.79. The quantitative estimate of drug-likeness (QED) is 0.239. The number of amides is 1. The van der Waals surface area contributed by atoms with Gasteiger partial charge in [-0.2, -0.15) is 5.10 Å². The third kappa shape index (κ3) is 6.68. The van der Waals surface area contributed by atoms with Crippen molar-refractivity contribution in [3.05, 3.63) is 97.5 Å². The minimum absolute atomic E-state index is 0.0173. The van der Waals surface area contributed by atoms with Gasteiger partial charge in [-0.1, -0.05) is 23.2 Å². The van der Waals surface area contributed by atoms with Crippen LogP contribution in [-0.4, -0.2) is 23.7 Å². The van der Waals surface area contributed by atoms with Gasteiger partial charge in [0, 0.05) is 17.7 Å². The van der Waals surface area contributed by atoms with Crippen LogP contribution in [-0.2, 0) is 6.61 Å². The number of halogens is 2. The van der Waals surface area contributed by atoms with E-state index in [1.54, 1.807) is 36.4 Å². The third-order valence-electron chi connectivity index (χ3n) is 4.37. The number of rotatable bonds is 9. The summed E-state index contributed by atoms with van der Waals surface area (Å²) in [6.45, 7) is 2.48. The van der Waals surface area contributed by atoms with E-state index in [0.29, 0.717) is 34.3 Å². The summed E-state index contributed by atoms with van der Waals surface area (Å²) in [6, 6.07) is 15.9. The average Bonchev–Trinajstić information content (AvgIpc) is 2.80. The molecule has 3 aromatic carbocycles. The second kappa shape index (κ2) is 11.3. The zero-order chi connectivity index (χ0) is 23.8. The van der Waals surface area contributed by atoms with Crippen LogP contribution in [0.1, 0.15) is 28.4 Å². The van der Waals surface area contributed by atoms with Crippen LogP contribution in [0.2, 0.25) is 10.0 Å². The molecule has 10 heteroatoms. The fraction of sp³-hybridized carbons (Fsp3) is 0.130. The first-order chi connectivity index (χ1) is 15.9. The molecule has 3 rings (SSSR count). The summed E-state index contributed by atoms with van der Waals surface area (Å²) in [5.74, 6) is 0.573. The summed E-state index contributed by atoms with van der Waals surface area (Å²) in [6.07, 6.45) is 1.47. The predicted octanol–water partition coefficient (Wildman–Crippen LogP) is 5.64. The molecule has 8 nitrogen and oxygen atoms in total. The molecular formula is C23H19Cl2N3O5. The van der Waals surface area contributed by atoms with Crippen LogP contribution in [0.4, 0.5) is 5.69 Å². The molecule has 0 aliphatic carbocycles. The molecule has 0 bridgehead atoms. The number of nitro groups is 1. The Labute approximate surface area is 199 Å². The van der Waals surface area contributed by atoms with E-state index in [4.69, 9.17) is 32.7 Å². The number of nitrogens with zero attached hydrogens (tertiary/aromatic N) is 2. The lowest BCUT2D eigenvalue weighted by Gasteiger charge is -2.12. The van der Waals surface area contributed by atoms with Gasteiger partial charge in [0.25, 0.3) is 11.6 Å². The van der Waals surface area contributed by atoms with Crippen molar-refractivity contribution < 1.29 is 19.2 Å². The number of carbonyl (C=O) groups excluding carboxylic acids is 1. The fourth-order valence-corrected chi connectivity index (χ4v) is 3.03. The average molecular weight is 488 g/mol. The van der Waals surface area contributed by atoms with Crippen molar-refractivity contribution in [2.75, 3.05) is 6.61 Å². The maximum Gasteiger partial charge on any atom is 0.271 e. The summed E-state index contributed by atoms with van der Waals surface area (Å²) in [4.78, 5) is 22.5. The SMILES string of the molecule is CCOc1cc(C=NNC(=O)c2ccc(Cl)c(Cl)c2)ccc1OCc1ccc([N+](=O)[O-])cc1.